The first-order valence-corrected chi connectivity index (χ1v) is 17.0. The smallest absolute Gasteiger partial charge is 0.166 e. The summed E-state index contributed by atoms with van der Waals surface area (Å²) in [5.41, 5.74) is 8.26. The van der Waals surface area contributed by atoms with Crippen molar-refractivity contribution in [3.05, 3.63) is 181 Å². The molecule has 0 bridgehead atoms. The number of nitrogens with zero attached hydrogens (tertiary/aromatic N) is 5. The minimum Gasteiger partial charge on any atom is -0.309 e. The van der Waals surface area contributed by atoms with Gasteiger partial charge in [0.05, 0.1) is 28.4 Å². The molecule has 2 aromatic heterocycles. The van der Waals surface area contributed by atoms with Gasteiger partial charge in [-0.2, -0.15) is 5.26 Å². The van der Waals surface area contributed by atoms with Crippen LogP contribution in [0.4, 0.5) is 8.78 Å². The maximum absolute atomic E-state index is 15.4. The van der Waals surface area contributed by atoms with Gasteiger partial charge in [0.1, 0.15) is 11.6 Å². The van der Waals surface area contributed by atoms with Crippen LogP contribution >= 0.6 is 0 Å². The van der Waals surface area contributed by atoms with E-state index in [9.17, 15) is 9.65 Å². The zero-order valence-electron chi connectivity index (χ0n) is 28.1. The highest BCUT2D eigenvalue weighted by Gasteiger charge is 2.21. The van der Waals surface area contributed by atoms with Gasteiger partial charge >= 0.3 is 0 Å². The summed E-state index contributed by atoms with van der Waals surface area (Å²) in [6.07, 6.45) is 0. The third-order valence-electron chi connectivity index (χ3n) is 9.42. The molecule has 250 valence electrons. The first-order chi connectivity index (χ1) is 26.0. The maximum atomic E-state index is 15.4. The molecule has 0 N–H and O–H groups in total. The second kappa shape index (κ2) is 13.1. The fourth-order valence-corrected chi connectivity index (χ4v) is 6.91. The summed E-state index contributed by atoms with van der Waals surface area (Å²) in [5.74, 6) is 0.0622. The topological polar surface area (TPSA) is 67.4 Å². The molecule has 0 spiro atoms. The molecule has 53 heavy (non-hydrogen) atoms. The second-order valence-corrected chi connectivity index (χ2v) is 12.7. The summed E-state index contributed by atoms with van der Waals surface area (Å²) in [6, 6.07) is 53.0. The van der Waals surface area contributed by atoms with Crippen LogP contribution in [-0.4, -0.2) is 19.5 Å². The molecule has 7 heteroatoms. The Morgan fingerprint density at radius 3 is 1.79 bits per heavy atom. The van der Waals surface area contributed by atoms with Crippen molar-refractivity contribution in [1.82, 2.24) is 19.5 Å². The van der Waals surface area contributed by atoms with Crippen molar-refractivity contribution < 1.29 is 8.78 Å². The number of hydrogen-bond acceptors (Lipinski definition) is 4. The lowest BCUT2D eigenvalue weighted by Gasteiger charge is -2.16. The summed E-state index contributed by atoms with van der Waals surface area (Å²) in [4.78, 5) is 15.0. The minimum absolute atomic E-state index is 0.256. The lowest BCUT2D eigenvalue weighted by molar-refractivity contribution is 0.585. The third kappa shape index (κ3) is 5.78. The highest BCUT2D eigenvalue weighted by molar-refractivity contribution is 6.11. The largest absolute Gasteiger partial charge is 0.309 e. The van der Waals surface area contributed by atoms with Gasteiger partial charge in [0.15, 0.2) is 17.5 Å². The van der Waals surface area contributed by atoms with Gasteiger partial charge < -0.3 is 4.57 Å². The lowest BCUT2D eigenvalue weighted by Crippen LogP contribution is -2.04. The molecule has 5 nitrogen and oxygen atoms in total. The Balaban J connectivity index is 1.34. The van der Waals surface area contributed by atoms with E-state index in [1.165, 1.54) is 12.1 Å². The van der Waals surface area contributed by atoms with E-state index in [2.05, 4.69) is 41.0 Å². The van der Waals surface area contributed by atoms with Gasteiger partial charge in [-0.25, -0.2) is 23.7 Å². The molecule has 0 aliphatic rings. The van der Waals surface area contributed by atoms with Crippen LogP contribution in [-0.2, 0) is 0 Å². The number of hydrogen-bond donors (Lipinski definition) is 0. The quantitative estimate of drug-likeness (QED) is 0.174. The zero-order valence-corrected chi connectivity index (χ0v) is 28.1. The van der Waals surface area contributed by atoms with E-state index in [-0.39, 0.29) is 5.56 Å². The number of para-hydroxylation sites is 1. The van der Waals surface area contributed by atoms with E-state index >= 15 is 4.39 Å². The molecule has 0 aliphatic carbocycles. The summed E-state index contributed by atoms with van der Waals surface area (Å²) in [6.45, 7) is 0. The molecule has 0 fully saturated rings. The van der Waals surface area contributed by atoms with Gasteiger partial charge in [0, 0.05) is 39.1 Å². The van der Waals surface area contributed by atoms with Crippen molar-refractivity contribution in [1.29, 1.82) is 5.26 Å². The summed E-state index contributed by atoms with van der Waals surface area (Å²) < 4.78 is 31.6. The van der Waals surface area contributed by atoms with Crippen LogP contribution in [0, 0.1) is 23.0 Å². The number of nitriles is 1. The van der Waals surface area contributed by atoms with E-state index in [0.29, 0.717) is 34.2 Å². The Kier molecular flexibility index (Phi) is 7.83. The van der Waals surface area contributed by atoms with Crippen LogP contribution in [0.1, 0.15) is 5.56 Å². The van der Waals surface area contributed by atoms with E-state index in [0.717, 1.165) is 55.8 Å². The number of halogens is 2. The average Bonchev–Trinajstić information content (AvgIpc) is 3.54. The minimum atomic E-state index is -0.667. The lowest BCUT2D eigenvalue weighted by atomic mass is 10.00. The standard InChI is InChI=1S/C46H27F2N5/c47-35-20-21-36(40(48)27-35)34-19-23-43(39(26-34)46-51-44(30-11-3-1-4-12-30)50-45(52-46)31-13-5-2-6-14-31)53-41-17-8-7-16-37(41)38-25-33(18-22-42(38)53)32-15-9-10-29(24-32)28-49/h1-27H. The van der Waals surface area contributed by atoms with Crippen molar-refractivity contribution in [2.24, 2.45) is 0 Å². The Hall–Kier alpha value is -7.30. The molecular weight excluding hydrogens is 661 g/mol. The van der Waals surface area contributed by atoms with E-state index in [1.54, 1.807) is 6.07 Å². The molecule has 0 unspecified atom stereocenters. The monoisotopic (exact) mass is 687 g/mol. The van der Waals surface area contributed by atoms with E-state index in [4.69, 9.17) is 15.0 Å². The van der Waals surface area contributed by atoms with Crippen LogP contribution in [0.5, 0.6) is 0 Å². The molecule has 9 aromatic rings. The molecule has 0 saturated heterocycles. The molecule has 0 aliphatic heterocycles. The third-order valence-corrected chi connectivity index (χ3v) is 9.42. The number of aromatic nitrogens is 4. The molecule has 0 radical (unpaired) electrons. The summed E-state index contributed by atoms with van der Waals surface area (Å²) in [5, 5.41) is 11.6. The van der Waals surface area contributed by atoms with Gasteiger partial charge in [-0.1, -0.05) is 103 Å². The first kappa shape index (κ1) is 31.7. The van der Waals surface area contributed by atoms with Crippen LogP contribution in [0.15, 0.2) is 164 Å². The Labute approximate surface area is 303 Å². The van der Waals surface area contributed by atoms with Gasteiger partial charge in [-0.15, -0.1) is 0 Å². The highest BCUT2D eigenvalue weighted by Crippen LogP contribution is 2.40. The zero-order chi connectivity index (χ0) is 35.9. The van der Waals surface area contributed by atoms with Crippen LogP contribution in [0.25, 0.3) is 83.9 Å². The predicted octanol–water partition coefficient (Wildman–Crippen LogP) is 11.5. The molecule has 7 aromatic carbocycles. The average molecular weight is 688 g/mol. The van der Waals surface area contributed by atoms with Crippen molar-refractivity contribution in [2.75, 3.05) is 0 Å². The van der Waals surface area contributed by atoms with Crippen LogP contribution in [0.3, 0.4) is 0 Å². The van der Waals surface area contributed by atoms with Gasteiger partial charge in [-0.05, 0) is 71.3 Å². The Morgan fingerprint density at radius 2 is 1.08 bits per heavy atom. The van der Waals surface area contributed by atoms with Crippen LogP contribution < -0.4 is 0 Å². The Morgan fingerprint density at radius 1 is 0.453 bits per heavy atom. The maximum Gasteiger partial charge on any atom is 0.166 e. The normalized spacial score (nSPS) is 11.2. The van der Waals surface area contributed by atoms with Crippen molar-refractivity contribution in [2.45, 2.75) is 0 Å². The SMILES string of the molecule is N#Cc1cccc(-c2ccc3c(c2)c2ccccc2n3-c2ccc(-c3ccc(F)cc3F)cc2-c2nc(-c3ccccc3)nc(-c3ccccc3)n2)c1. The Bertz CT molecular complexity index is 2820. The molecule has 0 saturated carbocycles. The summed E-state index contributed by atoms with van der Waals surface area (Å²) >= 11 is 0. The van der Waals surface area contributed by atoms with Gasteiger partial charge in [0.2, 0.25) is 0 Å². The predicted molar refractivity (Wildman–Crippen MR) is 206 cm³/mol. The fraction of sp³-hybridized carbons (Fsp3) is 0. The van der Waals surface area contributed by atoms with E-state index in [1.807, 2.05) is 109 Å². The fourth-order valence-electron chi connectivity index (χ4n) is 6.91. The van der Waals surface area contributed by atoms with Gasteiger partial charge in [-0.3, -0.25) is 0 Å². The van der Waals surface area contributed by atoms with Crippen molar-refractivity contribution >= 4 is 21.8 Å². The molecular formula is C46H27F2N5. The second-order valence-electron chi connectivity index (χ2n) is 12.7. The first-order valence-electron chi connectivity index (χ1n) is 17.0. The van der Waals surface area contributed by atoms with Crippen molar-refractivity contribution in [3.63, 3.8) is 0 Å². The van der Waals surface area contributed by atoms with Gasteiger partial charge in [0.25, 0.3) is 0 Å². The molecule has 9 rings (SSSR count). The van der Waals surface area contributed by atoms with Crippen molar-refractivity contribution in [3.8, 4) is 68.2 Å². The number of benzene rings is 7. The highest BCUT2D eigenvalue weighted by atomic mass is 19.1. The summed E-state index contributed by atoms with van der Waals surface area (Å²) in [7, 11) is 0. The van der Waals surface area contributed by atoms with Crippen LogP contribution in [0.2, 0.25) is 0 Å². The molecule has 0 atom stereocenters. The molecule has 2 heterocycles. The van der Waals surface area contributed by atoms with E-state index < -0.39 is 11.6 Å². The number of rotatable bonds is 6. The molecule has 0 amide bonds. The number of fused-ring (bicyclic) bond motifs is 3.